The van der Waals surface area contributed by atoms with E-state index in [2.05, 4.69) is 0 Å². The first-order chi connectivity index (χ1) is 7.75. The molecule has 1 aromatic carbocycles. The fourth-order valence-corrected chi connectivity index (χ4v) is 2.06. The Morgan fingerprint density at radius 2 is 1.94 bits per heavy atom. The molecule has 1 aromatic heterocycles. The number of carbonyl (C=O) groups is 1. The Hall–Kier alpha value is -1.68. The van der Waals surface area contributed by atoms with Crippen molar-refractivity contribution in [2.75, 3.05) is 0 Å². The van der Waals surface area contributed by atoms with Crippen LogP contribution in [0.25, 0.3) is 0 Å². The summed E-state index contributed by atoms with van der Waals surface area (Å²) in [6, 6.07) is 13.1. The third-order valence-corrected chi connectivity index (χ3v) is 3.03. The number of carboxylic acids is 1. The van der Waals surface area contributed by atoms with Crippen LogP contribution in [-0.4, -0.2) is 11.1 Å². The van der Waals surface area contributed by atoms with Crippen LogP contribution in [0.2, 0.25) is 0 Å². The number of furan rings is 1. The van der Waals surface area contributed by atoms with Gasteiger partial charge in [-0.3, -0.25) is 0 Å². The Morgan fingerprint density at radius 3 is 2.56 bits per heavy atom. The first-order valence-corrected chi connectivity index (χ1v) is 5.74. The van der Waals surface area contributed by atoms with Crippen molar-refractivity contribution in [1.82, 2.24) is 0 Å². The smallest absolute Gasteiger partial charge is 0.371 e. The lowest BCUT2D eigenvalue weighted by atomic mass is 10.4. The fraction of sp³-hybridized carbons (Fsp3) is 0.0833. The van der Waals surface area contributed by atoms with Crippen LogP contribution in [0, 0.1) is 0 Å². The monoisotopic (exact) mass is 234 g/mol. The van der Waals surface area contributed by atoms with Gasteiger partial charge in [0.1, 0.15) is 5.76 Å². The lowest BCUT2D eigenvalue weighted by Gasteiger charge is -1.97. The molecule has 3 nitrogen and oxygen atoms in total. The maximum atomic E-state index is 10.6. The van der Waals surface area contributed by atoms with Gasteiger partial charge in [-0.25, -0.2) is 4.79 Å². The van der Waals surface area contributed by atoms with E-state index in [4.69, 9.17) is 9.52 Å². The molecule has 0 saturated carbocycles. The van der Waals surface area contributed by atoms with Crippen LogP contribution >= 0.6 is 11.8 Å². The number of rotatable bonds is 4. The first-order valence-electron chi connectivity index (χ1n) is 4.75. The molecule has 0 aliphatic carbocycles. The summed E-state index contributed by atoms with van der Waals surface area (Å²) in [4.78, 5) is 11.7. The van der Waals surface area contributed by atoms with E-state index in [1.807, 2.05) is 30.3 Å². The molecule has 0 aliphatic rings. The largest absolute Gasteiger partial charge is 0.475 e. The topological polar surface area (TPSA) is 50.4 Å². The van der Waals surface area contributed by atoms with E-state index in [0.29, 0.717) is 11.5 Å². The molecule has 0 amide bonds. The summed E-state index contributed by atoms with van der Waals surface area (Å²) in [5.41, 5.74) is 0. The highest BCUT2D eigenvalue weighted by atomic mass is 32.2. The molecule has 2 rings (SSSR count). The van der Waals surface area contributed by atoms with Gasteiger partial charge in [0.05, 0.1) is 5.75 Å². The molecule has 0 aliphatic heterocycles. The number of carboxylic acid groups (broad SMARTS) is 1. The van der Waals surface area contributed by atoms with E-state index in [-0.39, 0.29) is 5.76 Å². The van der Waals surface area contributed by atoms with E-state index in [1.165, 1.54) is 6.07 Å². The zero-order valence-corrected chi connectivity index (χ0v) is 9.24. The summed E-state index contributed by atoms with van der Waals surface area (Å²) < 4.78 is 5.15. The first kappa shape index (κ1) is 10.8. The summed E-state index contributed by atoms with van der Waals surface area (Å²) in [5, 5.41) is 8.68. The number of thioether (sulfide) groups is 1. The molecular weight excluding hydrogens is 224 g/mol. The molecule has 0 saturated heterocycles. The molecule has 82 valence electrons. The number of hydrogen-bond donors (Lipinski definition) is 1. The third kappa shape index (κ3) is 2.67. The molecule has 0 spiro atoms. The van der Waals surface area contributed by atoms with Crippen molar-refractivity contribution in [3.63, 3.8) is 0 Å². The molecular formula is C12H10O3S. The predicted octanol–water partition coefficient (Wildman–Crippen LogP) is 3.27. The van der Waals surface area contributed by atoms with Crippen LogP contribution < -0.4 is 0 Å². The quantitative estimate of drug-likeness (QED) is 0.825. The summed E-state index contributed by atoms with van der Waals surface area (Å²) >= 11 is 1.61. The molecule has 0 bridgehead atoms. The van der Waals surface area contributed by atoms with Crippen molar-refractivity contribution >= 4 is 17.7 Å². The van der Waals surface area contributed by atoms with Gasteiger partial charge in [0.2, 0.25) is 5.76 Å². The summed E-state index contributed by atoms with van der Waals surface area (Å²) in [6.07, 6.45) is 0. The number of hydrogen-bond acceptors (Lipinski definition) is 3. The molecule has 1 heterocycles. The predicted molar refractivity (Wildman–Crippen MR) is 61.7 cm³/mol. The minimum Gasteiger partial charge on any atom is -0.475 e. The third-order valence-electron chi connectivity index (χ3n) is 2.00. The SMILES string of the molecule is O=C(O)c1ccc(CSc2ccccc2)o1. The number of aromatic carboxylic acids is 1. The van der Waals surface area contributed by atoms with Crippen LogP contribution in [0.1, 0.15) is 16.3 Å². The van der Waals surface area contributed by atoms with Crippen molar-refractivity contribution < 1.29 is 14.3 Å². The van der Waals surface area contributed by atoms with Gasteiger partial charge in [-0.15, -0.1) is 11.8 Å². The maximum absolute atomic E-state index is 10.6. The van der Waals surface area contributed by atoms with Gasteiger partial charge in [-0.05, 0) is 24.3 Å². The average Bonchev–Trinajstić information content (AvgIpc) is 2.76. The molecule has 16 heavy (non-hydrogen) atoms. The molecule has 4 heteroatoms. The van der Waals surface area contributed by atoms with Crippen LogP contribution in [0.5, 0.6) is 0 Å². The van der Waals surface area contributed by atoms with Crippen molar-refractivity contribution in [2.45, 2.75) is 10.6 Å². The Balaban J connectivity index is 1.97. The van der Waals surface area contributed by atoms with Gasteiger partial charge in [-0.1, -0.05) is 18.2 Å². The minimum absolute atomic E-state index is 0.0105. The Kier molecular flexibility index (Phi) is 3.31. The molecule has 0 atom stereocenters. The van der Waals surface area contributed by atoms with E-state index in [1.54, 1.807) is 17.8 Å². The second kappa shape index (κ2) is 4.90. The Labute approximate surface area is 97.1 Å². The number of benzene rings is 1. The van der Waals surface area contributed by atoms with Crippen molar-refractivity contribution in [2.24, 2.45) is 0 Å². The molecule has 0 radical (unpaired) electrons. The van der Waals surface area contributed by atoms with Gasteiger partial charge in [0.25, 0.3) is 0 Å². The Bertz CT molecular complexity index is 476. The highest BCUT2D eigenvalue weighted by molar-refractivity contribution is 7.98. The van der Waals surface area contributed by atoms with Gasteiger partial charge < -0.3 is 9.52 Å². The van der Waals surface area contributed by atoms with Crippen LogP contribution in [0.3, 0.4) is 0 Å². The van der Waals surface area contributed by atoms with Crippen molar-refractivity contribution in [3.8, 4) is 0 Å². The van der Waals surface area contributed by atoms with Gasteiger partial charge >= 0.3 is 5.97 Å². The normalized spacial score (nSPS) is 10.2. The van der Waals surface area contributed by atoms with Crippen LogP contribution in [-0.2, 0) is 5.75 Å². The lowest BCUT2D eigenvalue weighted by Crippen LogP contribution is -1.91. The maximum Gasteiger partial charge on any atom is 0.371 e. The van der Waals surface area contributed by atoms with Crippen LogP contribution in [0.4, 0.5) is 0 Å². The fourth-order valence-electron chi connectivity index (χ4n) is 1.24. The zero-order chi connectivity index (χ0) is 11.4. The minimum atomic E-state index is -1.03. The highest BCUT2D eigenvalue weighted by Gasteiger charge is 2.08. The van der Waals surface area contributed by atoms with E-state index in [9.17, 15) is 4.79 Å². The molecule has 2 aromatic rings. The van der Waals surface area contributed by atoms with E-state index < -0.39 is 5.97 Å². The molecule has 1 N–H and O–H groups in total. The van der Waals surface area contributed by atoms with Crippen LogP contribution in [0.15, 0.2) is 51.8 Å². The Morgan fingerprint density at radius 1 is 1.19 bits per heavy atom. The second-order valence-corrected chi connectivity index (χ2v) is 4.22. The lowest BCUT2D eigenvalue weighted by molar-refractivity contribution is 0.0661. The molecule has 0 fully saturated rings. The van der Waals surface area contributed by atoms with Gasteiger partial charge in [-0.2, -0.15) is 0 Å². The van der Waals surface area contributed by atoms with E-state index >= 15 is 0 Å². The average molecular weight is 234 g/mol. The van der Waals surface area contributed by atoms with Crippen molar-refractivity contribution in [1.29, 1.82) is 0 Å². The standard InChI is InChI=1S/C12H10O3S/c13-12(14)11-7-6-9(15-11)8-16-10-4-2-1-3-5-10/h1-7H,8H2,(H,13,14). The van der Waals surface area contributed by atoms with Crippen molar-refractivity contribution in [3.05, 3.63) is 54.0 Å². The zero-order valence-electron chi connectivity index (χ0n) is 8.42. The summed E-state index contributed by atoms with van der Waals surface area (Å²) in [6.45, 7) is 0. The highest BCUT2D eigenvalue weighted by Crippen LogP contribution is 2.23. The summed E-state index contributed by atoms with van der Waals surface area (Å²) in [5.74, 6) is 0.267. The van der Waals surface area contributed by atoms with Gasteiger partial charge in [0.15, 0.2) is 0 Å². The van der Waals surface area contributed by atoms with Gasteiger partial charge in [0, 0.05) is 4.90 Å². The second-order valence-electron chi connectivity index (χ2n) is 3.17. The summed E-state index contributed by atoms with van der Waals surface area (Å²) in [7, 11) is 0. The molecule has 0 unspecified atom stereocenters. The van der Waals surface area contributed by atoms with E-state index in [0.717, 1.165) is 4.90 Å².